The molecule has 350 valence electrons. The fraction of sp³-hybridized carbons (Fsp3) is 0.464. The van der Waals surface area contributed by atoms with E-state index in [-0.39, 0.29) is 59.7 Å². The Kier molecular flexibility index (Phi) is 20.3. The molecule has 64 heavy (non-hydrogen) atoms. The zero-order valence-corrected chi connectivity index (χ0v) is 45.4. The van der Waals surface area contributed by atoms with Crippen molar-refractivity contribution in [1.29, 1.82) is 0 Å². The van der Waals surface area contributed by atoms with Crippen molar-refractivity contribution in [2.24, 2.45) is 29.6 Å². The number of methoxy groups -OCH3 is 2. The van der Waals surface area contributed by atoms with Crippen molar-refractivity contribution >= 4 is 50.5 Å². The Morgan fingerprint density at radius 3 is 1.67 bits per heavy atom. The van der Waals surface area contributed by atoms with E-state index in [2.05, 4.69) is 219 Å². The van der Waals surface area contributed by atoms with Crippen LogP contribution in [0.1, 0.15) is 74.3 Å². The van der Waals surface area contributed by atoms with Crippen LogP contribution in [0.25, 0.3) is 0 Å². The van der Waals surface area contributed by atoms with E-state index in [9.17, 15) is 0 Å². The van der Waals surface area contributed by atoms with Crippen LogP contribution in [0.4, 0.5) is 0 Å². The number of hydrogen-bond acceptors (Lipinski definition) is 5. The summed E-state index contributed by atoms with van der Waals surface area (Å²) in [5.74, 6) is 1.59. The normalized spacial score (nSPS) is 17.3. The second kappa shape index (κ2) is 24.2. The summed E-state index contributed by atoms with van der Waals surface area (Å²) in [6.45, 7) is 30.4. The maximum absolute atomic E-state index is 7.51. The topological polar surface area (TPSA) is 46.2 Å². The molecule has 0 unspecified atom stereocenters. The van der Waals surface area contributed by atoms with E-state index in [1.165, 1.54) is 21.5 Å². The molecule has 0 saturated heterocycles. The molecule has 0 amide bonds. The van der Waals surface area contributed by atoms with Crippen molar-refractivity contribution in [3.63, 3.8) is 0 Å². The van der Waals surface area contributed by atoms with Crippen molar-refractivity contribution in [1.82, 2.24) is 0 Å². The molecule has 0 aliphatic heterocycles. The molecular weight excluding hydrogens is 939 g/mol. The van der Waals surface area contributed by atoms with Gasteiger partial charge in [-0.05, 0) is 17.7 Å². The molecule has 5 nitrogen and oxygen atoms in total. The molecule has 8 atom stereocenters. The minimum absolute atomic E-state index is 0.0350. The van der Waals surface area contributed by atoms with Crippen LogP contribution < -0.4 is 20.7 Å². The summed E-state index contributed by atoms with van der Waals surface area (Å²) < 4.78 is 29.2. The molecule has 4 rings (SSSR count). The van der Waals surface area contributed by atoms with E-state index in [0.717, 1.165) is 23.9 Å². The molecule has 0 spiro atoms. The molecular formula is C56H80IO5PSi. The summed E-state index contributed by atoms with van der Waals surface area (Å²) in [5, 5.41) is 4.17. The van der Waals surface area contributed by atoms with Gasteiger partial charge in [-0.15, -0.1) is 0 Å². The number of ether oxygens (including phenoxy) is 4. The van der Waals surface area contributed by atoms with E-state index < -0.39 is 12.6 Å². The van der Waals surface area contributed by atoms with E-state index in [0.29, 0.717) is 6.61 Å². The Labute approximate surface area is 403 Å². The molecule has 0 N–H and O–H groups in total. The van der Waals surface area contributed by atoms with Gasteiger partial charge in [0.05, 0.1) is 13.7 Å². The Morgan fingerprint density at radius 2 is 1.22 bits per heavy atom. The van der Waals surface area contributed by atoms with Crippen LogP contribution >= 0.6 is 26.3 Å². The zero-order valence-electron chi connectivity index (χ0n) is 41.3. The minimum atomic E-state index is -3.07. The van der Waals surface area contributed by atoms with E-state index in [1.54, 1.807) is 14.2 Å². The monoisotopic (exact) mass is 1020 g/mol. The third kappa shape index (κ3) is 13.4. The van der Waals surface area contributed by atoms with Gasteiger partial charge in [-0.25, -0.2) is 0 Å². The van der Waals surface area contributed by atoms with Gasteiger partial charge in [0, 0.05) is 0 Å². The molecule has 0 bridgehead atoms. The first-order valence-electron chi connectivity index (χ1n) is 23.2. The fourth-order valence-electron chi connectivity index (χ4n) is 9.35. The summed E-state index contributed by atoms with van der Waals surface area (Å²) >= 11 is 2.91. The fourth-order valence-corrected chi connectivity index (χ4v) is 20.8. The summed E-state index contributed by atoms with van der Waals surface area (Å²) in [7, 11) is 1.22. The average molecular weight is 1020 g/mol. The number of benzene rings is 4. The predicted octanol–water partition coefficient (Wildman–Crippen LogP) is 14.1. The Bertz CT molecular complexity index is 1950. The first-order valence-corrected chi connectivity index (χ1v) is 31.3. The Balaban J connectivity index is 1.71. The van der Waals surface area contributed by atoms with Gasteiger partial charge >= 0.3 is 299 Å². The molecule has 0 radical (unpaired) electrons. The van der Waals surface area contributed by atoms with Gasteiger partial charge in [0.15, 0.2) is 0 Å². The third-order valence-electron chi connectivity index (χ3n) is 13.7. The van der Waals surface area contributed by atoms with Gasteiger partial charge in [0.25, 0.3) is 0 Å². The molecule has 8 heteroatoms. The van der Waals surface area contributed by atoms with Crippen LogP contribution in [0.15, 0.2) is 152 Å². The van der Waals surface area contributed by atoms with Gasteiger partial charge in [0.1, 0.15) is 5.75 Å². The SMILES string of the molecule is C=CC=C[C@H](C)[C@H](OCc1ccc(OC)cc1)[C@@H](C)[C@H](O[Si](C)(C)C(C)(C)C)[C@@H](C)CC(C)=C[C@H](C)[C@@H](OCOC)[C@@H](C)CP(I)(c1ccccc1)(c1ccccc1)c1ccccc1. The number of hydrogen-bond donors (Lipinski definition) is 0. The molecule has 0 saturated carbocycles. The number of halogens is 1. The van der Waals surface area contributed by atoms with Crippen LogP contribution in [-0.2, 0) is 25.2 Å². The van der Waals surface area contributed by atoms with Gasteiger partial charge in [-0.3, -0.25) is 0 Å². The van der Waals surface area contributed by atoms with Crippen molar-refractivity contribution in [3.05, 3.63) is 157 Å². The summed E-state index contributed by atoms with van der Waals surface area (Å²) in [5.41, 5.74) is 2.45. The van der Waals surface area contributed by atoms with Crippen molar-refractivity contribution < 1.29 is 23.4 Å². The van der Waals surface area contributed by atoms with Crippen LogP contribution in [0.3, 0.4) is 0 Å². The Morgan fingerprint density at radius 1 is 0.703 bits per heavy atom. The van der Waals surface area contributed by atoms with Gasteiger partial charge in [-0.1, -0.05) is 64.6 Å². The third-order valence-corrected chi connectivity index (χ3v) is 29.7. The zero-order chi connectivity index (χ0) is 47.2. The molecule has 4 aromatic rings. The van der Waals surface area contributed by atoms with Gasteiger partial charge in [-0.2, -0.15) is 0 Å². The number of rotatable bonds is 25. The standard InChI is InChI=1S/C56H80IO5PSi/c1-15-16-26-43(3)54(60-39-48-33-35-49(59-12)36-34-48)47(7)55(62-64(13,14)56(8,9)10)45(5)38-42(2)37-44(4)53(61-41-58-11)46(6)40-63(57,50-27-20-17-21-28-50,51-29-22-18-23-30-51)52-31-24-19-25-32-52/h15-37,43-47,53-55H,1,38-41H2,2-14H3/t43-,44-,45-,46-,47+,53+,54-,55+/m0/s1. The first kappa shape index (κ1) is 53.7. The second-order valence-electron chi connectivity index (χ2n) is 19.7. The predicted molar refractivity (Wildman–Crippen MR) is 288 cm³/mol. The first-order chi connectivity index (χ1) is 30.3. The van der Waals surface area contributed by atoms with Crippen LogP contribution in [0, 0.1) is 29.6 Å². The van der Waals surface area contributed by atoms with Gasteiger partial charge in [0.2, 0.25) is 0 Å². The van der Waals surface area contributed by atoms with Crippen LogP contribution in [0.2, 0.25) is 18.1 Å². The maximum atomic E-state index is 7.51. The van der Waals surface area contributed by atoms with Crippen LogP contribution in [0.5, 0.6) is 5.75 Å². The van der Waals surface area contributed by atoms with E-state index in [4.69, 9.17) is 23.4 Å². The van der Waals surface area contributed by atoms with Crippen molar-refractivity contribution in [2.45, 2.75) is 112 Å². The Hall–Kier alpha value is -2.88. The number of allylic oxidation sites excluding steroid dienone is 3. The molecule has 0 aliphatic carbocycles. The van der Waals surface area contributed by atoms with Crippen molar-refractivity contribution in [2.75, 3.05) is 27.2 Å². The average Bonchev–Trinajstić information content (AvgIpc) is 3.28. The molecule has 4 aromatic carbocycles. The van der Waals surface area contributed by atoms with Crippen LogP contribution in [-0.4, -0.2) is 53.8 Å². The molecule has 0 heterocycles. The van der Waals surface area contributed by atoms with Gasteiger partial charge < -0.3 is 4.74 Å². The van der Waals surface area contributed by atoms with E-state index >= 15 is 0 Å². The van der Waals surface area contributed by atoms with Crippen molar-refractivity contribution in [3.8, 4) is 5.75 Å². The molecule has 0 aromatic heterocycles. The molecule has 0 aliphatic rings. The molecule has 0 fully saturated rings. The second-order valence-corrected chi connectivity index (χ2v) is 35.2. The summed E-state index contributed by atoms with van der Waals surface area (Å²) in [4.78, 5) is 0. The quantitative estimate of drug-likeness (QED) is 0.0165. The van der Waals surface area contributed by atoms with E-state index in [1.807, 2.05) is 24.3 Å². The summed E-state index contributed by atoms with van der Waals surface area (Å²) in [6, 6.07) is 41.7. The summed E-state index contributed by atoms with van der Waals surface area (Å²) in [6.07, 6.45) is 10.2.